The molecule has 1 aromatic carbocycles. The number of pyridine rings is 1. The molecule has 4 N–H and O–H groups in total. The van der Waals surface area contributed by atoms with Crippen LogP contribution in [0.25, 0.3) is 0 Å². The van der Waals surface area contributed by atoms with Crippen molar-refractivity contribution < 1.29 is 14.3 Å². The molecule has 2 rings (SSSR count). The summed E-state index contributed by atoms with van der Waals surface area (Å²) in [5, 5.41) is 11.8. The largest absolute Gasteiger partial charge is 0.478 e. The lowest BCUT2D eigenvalue weighted by Crippen LogP contribution is -2.06. The van der Waals surface area contributed by atoms with Crippen LogP contribution in [0.15, 0.2) is 36.5 Å². The van der Waals surface area contributed by atoms with Gasteiger partial charge in [-0.3, -0.25) is 0 Å². The number of nitrogens with two attached hydrogens (primary N) is 1. The minimum Gasteiger partial charge on any atom is -0.478 e. The first kappa shape index (κ1) is 11.8. The summed E-state index contributed by atoms with van der Waals surface area (Å²) in [5.74, 6) is -1.35. The first-order valence-electron chi connectivity index (χ1n) is 5.07. The third-order valence-corrected chi connectivity index (χ3v) is 2.25. The molecule has 92 valence electrons. The minimum atomic E-state index is -1.14. The molecule has 0 atom stereocenters. The molecular weight excluding hydrogens is 237 g/mol. The summed E-state index contributed by atoms with van der Waals surface area (Å²) in [6.07, 6.45) is 1.35. The molecule has 0 spiro atoms. The number of nitrogens with one attached hydrogen (secondary N) is 1. The van der Waals surface area contributed by atoms with Crippen LogP contribution in [-0.4, -0.2) is 16.1 Å². The van der Waals surface area contributed by atoms with Gasteiger partial charge < -0.3 is 16.2 Å². The Kier molecular flexibility index (Phi) is 3.09. The summed E-state index contributed by atoms with van der Waals surface area (Å²) in [6, 6.07) is 6.80. The van der Waals surface area contributed by atoms with Crippen LogP contribution >= 0.6 is 0 Å². The number of carboxylic acid groups (broad SMARTS) is 1. The zero-order valence-corrected chi connectivity index (χ0v) is 9.22. The summed E-state index contributed by atoms with van der Waals surface area (Å²) in [7, 11) is 0. The van der Waals surface area contributed by atoms with E-state index < -0.39 is 5.97 Å². The fourth-order valence-corrected chi connectivity index (χ4v) is 1.41. The van der Waals surface area contributed by atoms with Crippen LogP contribution in [-0.2, 0) is 0 Å². The molecule has 6 heteroatoms. The highest BCUT2D eigenvalue weighted by Crippen LogP contribution is 2.20. The van der Waals surface area contributed by atoms with Crippen molar-refractivity contribution in [2.24, 2.45) is 0 Å². The summed E-state index contributed by atoms with van der Waals surface area (Å²) >= 11 is 0. The van der Waals surface area contributed by atoms with Crippen molar-refractivity contribution in [3.05, 3.63) is 47.9 Å². The van der Waals surface area contributed by atoms with Gasteiger partial charge in [0.2, 0.25) is 0 Å². The van der Waals surface area contributed by atoms with Gasteiger partial charge in [0.05, 0.1) is 11.9 Å². The lowest BCUT2D eigenvalue weighted by atomic mass is 10.2. The Morgan fingerprint density at radius 3 is 2.61 bits per heavy atom. The lowest BCUT2D eigenvalue weighted by Gasteiger charge is -2.08. The molecule has 0 bridgehead atoms. The van der Waals surface area contributed by atoms with E-state index in [-0.39, 0.29) is 22.9 Å². The Morgan fingerprint density at radius 1 is 1.33 bits per heavy atom. The van der Waals surface area contributed by atoms with E-state index in [1.807, 2.05) is 0 Å². The molecule has 0 saturated carbocycles. The van der Waals surface area contributed by atoms with Crippen molar-refractivity contribution in [1.82, 2.24) is 4.98 Å². The number of carbonyl (C=O) groups is 1. The molecule has 5 nitrogen and oxygen atoms in total. The molecule has 0 aliphatic carbocycles. The van der Waals surface area contributed by atoms with E-state index in [2.05, 4.69) is 10.3 Å². The van der Waals surface area contributed by atoms with Gasteiger partial charge in [0.15, 0.2) is 0 Å². The number of hydrogen-bond donors (Lipinski definition) is 3. The van der Waals surface area contributed by atoms with Gasteiger partial charge in [-0.15, -0.1) is 0 Å². The Hall–Kier alpha value is -2.63. The van der Waals surface area contributed by atoms with Gasteiger partial charge in [0, 0.05) is 5.69 Å². The maximum Gasteiger partial charge on any atom is 0.339 e. The summed E-state index contributed by atoms with van der Waals surface area (Å²) in [5.41, 5.74) is 6.23. The summed E-state index contributed by atoms with van der Waals surface area (Å²) in [6.45, 7) is 0. The van der Waals surface area contributed by atoms with Crippen molar-refractivity contribution >= 4 is 23.2 Å². The van der Waals surface area contributed by atoms with Crippen molar-refractivity contribution in [2.75, 3.05) is 11.1 Å². The van der Waals surface area contributed by atoms with Crippen LogP contribution in [0.4, 0.5) is 21.6 Å². The van der Waals surface area contributed by atoms with Crippen LogP contribution in [0.2, 0.25) is 0 Å². The second-order valence-corrected chi connectivity index (χ2v) is 3.60. The first-order chi connectivity index (χ1) is 8.56. The van der Waals surface area contributed by atoms with Gasteiger partial charge in [-0.25, -0.2) is 14.2 Å². The molecule has 0 saturated heterocycles. The molecule has 2 aromatic rings. The highest BCUT2D eigenvalue weighted by molar-refractivity contribution is 5.94. The standard InChI is InChI=1S/C12H10FN3O2/c13-7-1-3-9(4-2-7)16-11-10(12(17)18)5-8(14)6-15-11/h1-6H,14H2,(H,15,16)(H,17,18). The molecular formula is C12H10FN3O2. The fraction of sp³-hybridized carbons (Fsp3) is 0. The zero-order valence-electron chi connectivity index (χ0n) is 9.22. The second kappa shape index (κ2) is 4.70. The molecule has 0 radical (unpaired) electrons. The van der Waals surface area contributed by atoms with E-state index in [9.17, 15) is 9.18 Å². The highest BCUT2D eigenvalue weighted by Gasteiger charge is 2.12. The average Bonchev–Trinajstić information content (AvgIpc) is 2.34. The zero-order chi connectivity index (χ0) is 13.1. The molecule has 0 aliphatic rings. The van der Waals surface area contributed by atoms with E-state index in [0.717, 1.165) is 0 Å². The number of nitrogen functional groups attached to an aromatic ring is 1. The van der Waals surface area contributed by atoms with Crippen LogP contribution in [0.5, 0.6) is 0 Å². The Labute approximate surface area is 102 Å². The molecule has 0 amide bonds. The van der Waals surface area contributed by atoms with Gasteiger partial charge in [0.1, 0.15) is 17.2 Å². The number of nitrogens with zero attached hydrogens (tertiary/aromatic N) is 1. The van der Waals surface area contributed by atoms with E-state index in [1.54, 1.807) is 0 Å². The van der Waals surface area contributed by atoms with Gasteiger partial charge >= 0.3 is 5.97 Å². The number of hydrogen-bond acceptors (Lipinski definition) is 4. The fourth-order valence-electron chi connectivity index (χ4n) is 1.41. The van der Waals surface area contributed by atoms with Gasteiger partial charge in [0.25, 0.3) is 0 Å². The third kappa shape index (κ3) is 2.54. The number of aromatic carboxylic acids is 1. The molecule has 0 unspecified atom stereocenters. The van der Waals surface area contributed by atoms with Crippen molar-refractivity contribution in [2.45, 2.75) is 0 Å². The van der Waals surface area contributed by atoms with E-state index in [1.165, 1.54) is 36.5 Å². The third-order valence-electron chi connectivity index (χ3n) is 2.25. The van der Waals surface area contributed by atoms with Crippen molar-refractivity contribution in [3.63, 3.8) is 0 Å². The number of anilines is 3. The van der Waals surface area contributed by atoms with E-state index in [4.69, 9.17) is 10.8 Å². The average molecular weight is 247 g/mol. The van der Waals surface area contributed by atoms with Crippen LogP contribution in [0, 0.1) is 5.82 Å². The molecule has 1 aromatic heterocycles. The number of rotatable bonds is 3. The number of aromatic nitrogens is 1. The minimum absolute atomic E-state index is 0.0423. The Balaban J connectivity index is 2.34. The number of benzene rings is 1. The Bertz CT molecular complexity index is 584. The topological polar surface area (TPSA) is 88.2 Å². The predicted octanol–water partition coefficient (Wildman–Crippen LogP) is 2.24. The summed E-state index contributed by atoms with van der Waals surface area (Å²) < 4.78 is 12.7. The predicted molar refractivity (Wildman–Crippen MR) is 65.3 cm³/mol. The SMILES string of the molecule is Nc1cnc(Nc2ccc(F)cc2)c(C(=O)O)c1. The maximum absolute atomic E-state index is 12.7. The molecule has 0 fully saturated rings. The monoisotopic (exact) mass is 247 g/mol. The van der Waals surface area contributed by atoms with E-state index >= 15 is 0 Å². The normalized spacial score (nSPS) is 10.1. The summed E-state index contributed by atoms with van der Waals surface area (Å²) in [4.78, 5) is 14.9. The van der Waals surface area contributed by atoms with Gasteiger partial charge in [-0.1, -0.05) is 0 Å². The smallest absolute Gasteiger partial charge is 0.339 e. The van der Waals surface area contributed by atoms with Gasteiger partial charge in [-0.05, 0) is 30.3 Å². The highest BCUT2D eigenvalue weighted by atomic mass is 19.1. The Morgan fingerprint density at radius 2 is 2.00 bits per heavy atom. The first-order valence-corrected chi connectivity index (χ1v) is 5.07. The quantitative estimate of drug-likeness (QED) is 0.774. The van der Waals surface area contributed by atoms with Crippen molar-refractivity contribution in [3.8, 4) is 0 Å². The van der Waals surface area contributed by atoms with Crippen molar-refractivity contribution in [1.29, 1.82) is 0 Å². The van der Waals surface area contributed by atoms with Gasteiger partial charge in [-0.2, -0.15) is 0 Å². The van der Waals surface area contributed by atoms with Crippen LogP contribution in [0.3, 0.4) is 0 Å². The molecule has 1 heterocycles. The number of carboxylic acids is 1. The van der Waals surface area contributed by atoms with Crippen LogP contribution < -0.4 is 11.1 Å². The number of halogens is 1. The lowest BCUT2D eigenvalue weighted by molar-refractivity contribution is 0.0697. The molecule has 0 aliphatic heterocycles. The molecule has 18 heavy (non-hydrogen) atoms. The maximum atomic E-state index is 12.7. The van der Waals surface area contributed by atoms with Crippen LogP contribution in [0.1, 0.15) is 10.4 Å². The van der Waals surface area contributed by atoms with E-state index in [0.29, 0.717) is 5.69 Å². The second-order valence-electron chi connectivity index (χ2n) is 3.60.